The van der Waals surface area contributed by atoms with Gasteiger partial charge in [-0.3, -0.25) is 9.59 Å². The molecule has 6 nitrogen and oxygen atoms in total. The van der Waals surface area contributed by atoms with Crippen molar-refractivity contribution in [1.29, 1.82) is 0 Å². The molecule has 6 heteroatoms. The summed E-state index contributed by atoms with van der Waals surface area (Å²) in [6, 6.07) is 4.00. The predicted molar refractivity (Wildman–Crippen MR) is 120 cm³/mol. The number of carbonyl (C=O) groups excluding carboxylic acids is 2. The molecule has 0 aliphatic heterocycles. The molecule has 170 valence electrons. The van der Waals surface area contributed by atoms with Crippen LogP contribution in [-0.2, 0) is 27.9 Å². The second-order valence-electron chi connectivity index (χ2n) is 10.1. The van der Waals surface area contributed by atoms with Crippen molar-refractivity contribution in [2.75, 3.05) is 33.4 Å². The van der Waals surface area contributed by atoms with E-state index in [9.17, 15) is 9.59 Å². The zero-order chi connectivity index (χ0) is 22.0. The van der Waals surface area contributed by atoms with Crippen LogP contribution in [0.1, 0.15) is 44.2 Å². The van der Waals surface area contributed by atoms with E-state index in [1.165, 1.54) is 19.3 Å². The molecule has 2 amide bonds. The fraction of sp³-hybridized carbons (Fsp3) is 0.680. The summed E-state index contributed by atoms with van der Waals surface area (Å²) in [6.45, 7) is 5.89. The standard InChI is InChI=1S/C25H37N3O3/c1-4-7-28(24(30)25-14-19-11-20(15-25)13-21(12-19)16-25)18-23(29)27(9-10-31-3)17-22-6-5-8-26(22)2/h4-6,8,19-21H,1,7,9-18H2,2-3H3. The van der Waals surface area contributed by atoms with Gasteiger partial charge in [0.25, 0.3) is 0 Å². The summed E-state index contributed by atoms with van der Waals surface area (Å²) in [5.74, 6) is 2.26. The summed E-state index contributed by atoms with van der Waals surface area (Å²) < 4.78 is 7.26. The highest BCUT2D eigenvalue weighted by Crippen LogP contribution is 2.60. The minimum Gasteiger partial charge on any atom is -0.383 e. The zero-order valence-corrected chi connectivity index (χ0v) is 19.1. The lowest BCUT2D eigenvalue weighted by Crippen LogP contribution is -2.56. The molecule has 0 spiro atoms. The Balaban J connectivity index is 1.48. The van der Waals surface area contributed by atoms with Gasteiger partial charge in [-0.25, -0.2) is 0 Å². The van der Waals surface area contributed by atoms with Crippen LogP contribution in [0.3, 0.4) is 0 Å². The van der Waals surface area contributed by atoms with Gasteiger partial charge in [0, 0.05) is 39.1 Å². The Bertz CT molecular complexity index is 779. The first kappa shape index (κ1) is 22.1. The number of aromatic nitrogens is 1. The van der Waals surface area contributed by atoms with Crippen molar-refractivity contribution in [3.63, 3.8) is 0 Å². The Hall–Kier alpha value is -2.08. The van der Waals surface area contributed by atoms with Crippen LogP contribution in [0, 0.1) is 23.2 Å². The van der Waals surface area contributed by atoms with Gasteiger partial charge in [0.15, 0.2) is 0 Å². The molecule has 1 heterocycles. The maximum atomic E-state index is 13.8. The average molecular weight is 428 g/mol. The normalized spacial score (nSPS) is 28.5. The van der Waals surface area contributed by atoms with Gasteiger partial charge in [0.1, 0.15) is 6.54 Å². The molecule has 0 atom stereocenters. The molecule has 1 aromatic heterocycles. The van der Waals surface area contributed by atoms with Crippen molar-refractivity contribution in [3.05, 3.63) is 36.7 Å². The van der Waals surface area contributed by atoms with E-state index in [0.717, 1.165) is 25.0 Å². The van der Waals surface area contributed by atoms with Crippen molar-refractivity contribution in [2.45, 2.75) is 45.1 Å². The molecular weight excluding hydrogens is 390 g/mol. The third-order valence-electron chi connectivity index (χ3n) is 7.78. The molecule has 4 aliphatic rings. The van der Waals surface area contributed by atoms with E-state index in [2.05, 4.69) is 6.58 Å². The summed E-state index contributed by atoms with van der Waals surface area (Å²) in [7, 11) is 3.63. The summed E-state index contributed by atoms with van der Waals surface area (Å²) in [5.41, 5.74) is 0.820. The summed E-state index contributed by atoms with van der Waals surface area (Å²) in [4.78, 5) is 30.7. The lowest BCUT2D eigenvalue weighted by molar-refractivity contribution is -0.159. The molecule has 4 aliphatic carbocycles. The molecule has 4 fully saturated rings. The molecule has 0 N–H and O–H groups in total. The third-order valence-corrected chi connectivity index (χ3v) is 7.78. The quantitative estimate of drug-likeness (QED) is 0.539. The van der Waals surface area contributed by atoms with Crippen LogP contribution in [0.15, 0.2) is 31.0 Å². The molecule has 0 unspecified atom stereocenters. The molecule has 5 rings (SSSR count). The second-order valence-corrected chi connectivity index (χ2v) is 10.1. The number of amides is 2. The number of hydrogen-bond acceptors (Lipinski definition) is 3. The van der Waals surface area contributed by atoms with E-state index in [4.69, 9.17) is 4.74 Å². The van der Waals surface area contributed by atoms with E-state index in [0.29, 0.717) is 44.0 Å². The van der Waals surface area contributed by atoms with Gasteiger partial charge >= 0.3 is 0 Å². The highest BCUT2D eigenvalue weighted by Gasteiger charge is 2.55. The molecule has 1 aromatic rings. The summed E-state index contributed by atoms with van der Waals surface area (Å²) in [5, 5.41) is 0. The highest BCUT2D eigenvalue weighted by atomic mass is 16.5. The number of hydrogen-bond donors (Lipinski definition) is 0. The first-order chi connectivity index (χ1) is 14.9. The molecule has 0 saturated heterocycles. The number of methoxy groups -OCH3 is 1. The molecule has 4 saturated carbocycles. The first-order valence-corrected chi connectivity index (χ1v) is 11.7. The first-order valence-electron chi connectivity index (χ1n) is 11.7. The number of ether oxygens (including phenoxy) is 1. The number of nitrogens with zero attached hydrogens (tertiary/aromatic N) is 3. The van der Waals surface area contributed by atoms with Gasteiger partial charge in [-0.1, -0.05) is 6.08 Å². The van der Waals surface area contributed by atoms with Crippen molar-refractivity contribution in [2.24, 2.45) is 30.2 Å². The van der Waals surface area contributed by atoms with Gasteiger partial charge in [0.2, 0.25) is 11.8 Å². The predicted octanol–water partition coefficient (Wildman–Crippen LogP) is 3.23. The Morgan fingerprint density at radius 1 is 1.19 bits per heavy atom. The number of rotatable bonds is 10. The molecule has 0 aromatic carbocycles. The van der Waals surface area contributed by atoms with Crippen LogP contribution < -0.4 is 0 Å². The molecular formula is C25H37N3O3. The van der Waals surface area contributed by atoms with Gasteiger partial charge in [-0.05, 0) is 68.4 Å². The van der Waals surface area contributed by atoms with Gasteiger partial charge in [-0.15, -0.1) is 6.58 Å². The van der Waals surface area contributed by atoms with Crippen molar-refractivity contribution in [1.82, 2.24) is 14.4 Å². The van der Waals surface area contributed by atoms with E-state index >= 15 is 0 Å². The lowest BCUT2D eigenvalue weighted by Gasteiger charge is -2.56. The van der Waals surface area contributed by atoms with E-state index < -0.39 is 0 Å². The fourth-order valence-electron chi connectivity index (χ4n) is 6.70. The van der Waals surface area contributed by atoms with E-state index in [1.54, 1.807) is 18.1 Å². The van der Waals surface area contributed by atoms with Crippen LogP contribution in [0.5, 0.6) is 0 Å². The Morgan fingerprint density at radius 2 is 1.84 bits per heavy atom. The second kappa shape index (κ2) is 9.19. The van der Waals surface area contributed by atoms with Crippen LogP contribution >= 0.6 is 0 Å². The minimum atomic E-state index is -0.243. The summed E-state index contributed by atoms with van der Waals surface area (Å²) >= 11 is 0. The Kier molecular flexibility index (Phi) is 6.56. The van der Waals surface area contributed by atoms with Crippen molar-refractivity contribution < 1.29 is 14.3 Å². The third kappa shape index (κ3) is 4.59. The van der Waals surface area contributed by atoms with Gasteiger partial charge in [0.05, 0.1) is 18.6 Å². The van der Waals surface area contributed by atoms with E-state index in [1.807, 2.05) is 34.8 Å². The van der Waals surface area contributed by atoms with Crippen molar-refractivity contribution >= 4 is 11.8 Å². The monoisotopic (exact) mass is 427 g/mol. The zero-order valence-electron chi connectivity index (χ0n) is 19.1. The van der Waals surface area contributed by atoms with Crippen LogP contribution in [0.4, 0.5) is 0 Å². The van der Waals surface area contributed by atoms with Crippen LogP contribution in [0.2, 0.25) is 0 Å². The van der Waals surface area contributed by atoms with Gasteiger partial charge < -0.3 is 19.1 Å². The van der Waals surface area contributed by atoms with Crippen molar-refractivity contribution in [3.8, 4) is 0 Å². The van der Waals surface area contributed by atoms with Crippen LogP contribution in [0.25, 0.3) is 0 Å². The summed E-state index contributed by atoms with van der Waals surface area (Å²) in [6.07, 6.45) is 10.7. The largest absolute Gasteiger partial charge is 0.383 e. The SMILES string of the molecule is C=CCN(CC(=O)N(CCOC)Cc1cccn1C)C(=O)C12CC3CC(CC(C3)C1)C2. The maximum absolute atomic E-state index is 13.8. The molecule has 4 bridgehead atoms. The van der Waals surface area contributed by atoms with Crippen LogP contribution in [-0.4, -0.2) is 59.5 Å². The lowest BCUT2D eigenvalue weighted by atomic mass is 9.49. The smallest absolute Gasteiger partial charge is 0.242 e. The van der Waals surface area contributed by atoms with Gasteiger partial charge in [-0.2, -0.15) is 0 Å². The average Bonchev–Trinajstić information content (AvgIpc) is 3.13. The Labute approximate surface area is 186 Å². The fourth-order valence-corrected chi connectivity index (χ4v) is 6.70. The number of aryl methyl sites for hydroxylation is 1. The number of carbonyl (C=O) groups is 2. The Morgan fingerprint density at radius 3 is 2.35 bits per heavy atom. The van der Waals surface area contributed by atoms with E-state index in [-0.39, 0.29) is 23.8 Å². The minimum absolute atomic E-state index is 0.0295. The topological polar surface area (TPSA) is 54.8 Å². The molecule has 31 heavy (non-hydrogen) atoms. The highest BCUT2D eigenvalue weighted by molar-refractivity contribution is 5.88. The maximum Gasteiger partial charge on any atom is 0.242 e. The molecule has 0 radical (unpaired) electrons.